The Morgan fingerprint density at radius 2 is 2.19 bits per heavy atom. The minimum absolute atomic E-state index is 0.340. The molecule has 0 amide bonds. The molecular weight excluding hydrogens is 204 g/mol. The summed E-state index contributed by atoms with van der Waals surface area (Å²) in [5.74, 6) is 0.892. The highest BCUT2D eigenvalue weighted by Crippen LogP contribution is 2.23. The number of rotatable bonds is 5. The molecule has 1 heterocycles. The Labute approximate surface area is 96.7 Å². The summed E-state index contributed by atoms with van der Waals surface area (Å²) in [6.07, 6.45) is 1.47. The van der Waals surface area contributed by atoms with Gasteiger partial charge in [0.15, 0.2) is 0 Å². The van der Waals surface area contributed by atoms with E-state index in [2.05, 4.69) is 10.3 Å². The van der Waals surface area contributed by atoms with Gasteiger partial charge in [0, 0.05) is 30.4 Å². The van der Waals surface area contributed by atoms with Crippen LogP contribution in [-0.2, 0) is 6.54 Å². The van der Waals surface area contributed by atoms with Gasteiger partial charge in [-0.15, -0.1) is 0 Å². The Morgan fingerprint density at radius 1 is 1.50 bits per heavy atom. The van der Waals surface area contributed by atoms with Crippen LogP contribution in [-0.4, -0.2) is 29.8 Å². The van der Waals surface area contributed by atoms with Gasteiger partial charge >= 0.3 is 0 Å². The SMILES string of the molecule is COc1c(C)cnc(CNCC(C)O)c1C. The van der Waals surface area contributed by atoms with Crippen LogP contribution in [0.3, 0.4) is 0 Å². The number of methoxy groups -OCH3 is 1. The lowest BCUT2D eigenvalue weighted by Gasteiger charge is -2.13. The summed E-state index contributed by atoms with van der Waals surface area (Å²) in [6, 6.07) is 0. The van der Waals surface area contributed by atoms with Crippen molar-refractivity contribution in [3.63, 3.8) is 0 Å². The second-order valence-electron chi connectivity index (χ2n) is 4.03. The first-order chi connectivity index (χ1) is 7.56. The van der Waals surface area contributed by atoms with Crippen LogP contribution in [0.15, 0.2) is 6.20 Å². The quantitative estimate of drug-likeness (QED) is 0.788. The first kappa shape index (κ1) is 12.9. The van der Waals surface area contributed by atoms with Crippen LogP contribution in [0.2, 0.25) is 0 Å². The molecule has 0 aliphatic rings. The van der Waals surface area contributed by atoms with Crippen molar-refractivity contribution < 1.29 is 9.84 Å². The van der Waals surface area contributed by atoms with E-state index in [0.717, 1.165) is 22.6 Å². The molecule has 16 heavy (non-hydrogen) atoms. The molecule has 0 radical (unpaired) electrons. The highest BCUT2D eigenvalue weighted by Gasteiger charge is 2.08. The molecule has 0 fully saturated rings. The zero-order valence-electron chi connectivity index (χ0n) is 10.4. The Morgan fingerprint density at radius 3 is 2.75 bits per heavy atom. The van der Waals surface area contributed by atoms with Gasteiger partial charge in [0.2, 0.25) is 0 Å². The highest BCUT2D eigenvalue weighted by molar-refractivity contribution is 5.40. The van der Waals surface area contributed by atoms with Crippen LogP contribution in [0, 0.1) is 13.8 Å². The lowest BCUT2D eigenvalue weighted by Crippen LogP contribution is -2.24. The van der Waals surface area contributed by atoms with Crippen molar-refractivity contribution in [3.05, 3.63) is 23.0 Å². The zero-order valence-corrected chi connectivity index (χ0v) is 10.4. The van der Waals surface area contributed by atoms with Gasteiger partial charge in [0.1, 0.15) is 5.75 Å². The molecule has 0 aliphatic heterocycles. The largest absolute Gasteiger partial charge is 0.496 e. The number of ether oxygens (including phenoxy) is 1. The lowest BCUT2D eigenvalue weighted by molar-refractivity contribution is 0.191. The van der Waals surface area contributed by atoms with E-state index in [-0.39, 0.29) is 6.10 Å². The molecule has 0 aromatic carbocycles. The standard InChI is InChI=1S/C12H20N2O2/c1-8-5-14-11(7-13-6-9(2)15)10(3)12(8)16-4/h5,9,13,15H,6-7H2,1-4H3. The number of hydrogen-bond acceptors (Lipinski definition) is 4. The smallest absolute Gasteiger partial charge is 0.128 e. The molecule has 0 spiro atoms. The summed E-state index contributed by atoms with van der Waals surface area (Å²) >= 11 is 0. The van der Waals surface area contributed by atoms with Gasteiger partial charge in [-0.25, -0.2) is 0 Å². The second-order valence-corrected chi connectivity index (χ2v) is 4.03. The molecule has 1 rings (SSSR count). The molecule has 1 unspecified atom stereocenters. The summed E-state index contributed by atoms with van der Waals surface area (Å²) in [6.45, 7) is 6.94. The fourth-order valence-electron chi connectivity index (χ4n) is 1.65. The average Bonchev–Trinajstić information content (AvgIpc) is 2.22. The molecule has 0 aliphatic carbocycles. The minimum Gasteiger partial charge on any atom is -0.496 e. The zero-order chi connectivity index (χ0) is 12.1. The number of aliphatic hydroxyl groups excluding tert-OH is 1. The monoisotopic (exact) mass is 224 g/mol. The minimum atomic E-state index is -0.340. The number of aryl methyl sites for hydroxylation is 1. The first-order valence-corrected chi connectivity index (χ1v) is 5.44. The van der Waals surface area contributed by atoms with E-state index in [1.807, 2.05) is 20.0 Å². The Kier molecular flexibility index (Phi) is 4.71. The third-order valence-electron chi connectivity index (χ3n) is 2.48. The van der Waals surface area contributed by atoms with E-state index in [1.54, 1.807) is 14.0 Å². The summed E-state index contributed by atoms with van der Waals surface area (Å²) in [4.78, 5) is 4.36. The summed E-state index contributed by atoms with van der Waals surface area (Å²) in [5.41, 5.74) is 3.06. The molecule has 1 atom stereocenters. The van der Waals surface area contributed by atoms with Gasteiger partial charge in [-0.3, -0.25) is 4.98 Å². The van der Waals surface area contributed by atoms with Crippen LogP contribution >= 0.6 is 0 Å². The van der Waals surface area contributed by atoms with Gasteiger partial charge in [-0.1, -0.05) is 0 Å². The van der Waals surface area contributed by atoms with Crippen molar-refractivity contribution in [1.82, 2.24) is 10.3 Å². The van der Waals surface area contributed by atoms with Crippen molar-refractivity contribution in [3.8, 4) is 5.75 Å². The van der Waals surface area contributed by atoms with Gasteiger partial charge < -0.3 is 15.2 Å². The van der Waals surface area contributed by atoms with Crippen molar-refractivity contribution in [2.24, 2.45) is 0 Å². The predicted molar refractivity (Wildman–Crippen MR) is 63.7 cm³/mol. The summed E-state index contributed by atoms with van der Waals surface area (Å²) in [7, 11) is 1.67. The number of nitrogens with zero attached hydrogens (tertiary/aromatic N) is 1. The molecule has 0 saturated carbocycles. The van der Waals surface area contributed by atoms with Crippen molar-refractivity contribution in [2.75, 3.05) is 13.7 Å². The fraction of sp³-hybridized carbons (Fsp3) is 0.583. The van der Waals surface area contributed by atoms with E-state index in [9.17, 15) is 0 Å². The average molecular weight is 224 g/mol. The Balaban J connectivity index is 2.74. The van der Waals surface area contributed by atoms with Crippen LogP contribution in [0.4, 0.5) is 0 Å². The van der Waals surface area contributed by atoms with E-state index in [0.29, 0.717) is 13.1 Å². The van der Waals surface area contributed by atoms with Gasteiger partial charge in [-0.2, -0.15) is 0 Å². The lowest BCUT2D eigenvalue weighted by atomic mass is 10.1. The Hall–Kier alpha value is -1.13. The highest BCUT2D eigenvalue weighted by atomic mass is 16.5. The van der Waals surface area contributed by atoms with Crippen LogP contribution in [0.25, 0.3) is 0 Å². The molecule has 90 valence electrons. The fourth-order valence-corrected chi connectivity index (χ4v) is 1.65. The summed E-state index contributed by atoms with van der Waals surface area (Å²) < 4.78 is 5.33. The maximum Gasteiger partial charge on any atom is 0.128 e. The molecule has 0 saturated heterocycles. The van der Waals surface area contributed by atoms with Gasteiger partial charge in [0.25, 0.3) is 0 Å². The number of aromatic nitrogens is 1. The van der Waals surface area contributed by atoms with E-state index >= 15 is 0 Å². The normalized spacial score (nSPS) is 12.6. The number of aliphatic hydroxyl groups is 1. The maximum atomic E-state index is 9.14. The van der Waals surface area contributed by atoms with Gasteiger partial charge in [0.05, 0.1) is 18.9 Å². The van der Waals surface area contributed by atoms with E-state index in [4.69, 9.17) is 9.84 Å². The third kappa shape index (κ3) is 3.18. The van der Waals surface area contributed by atoms with Crippen molar-refractivity contribution >= 4 is 0 Å². The molecule has 1 aromatic rings. The van der Waals surface area contributed by atoms with Gasteiger partial charge in [-0.05, 0) is 20.8 Å². The van der Waals surface area contributed by atoms with E-state index < -0.39 is 0 Å². The summed E-state index contributed by atoms with van der Waals surface area (Å²) in [5, 5.41) is 12.3. The molecule has 4 heteroatoms. The molecule has 0 bridgehead atoms. The number of nitrogens with one attached hydrogen (secondary N) is 1. The van der Waals surface area contributed by atoms with E-state index in [1.165, 1.54) is 0 Å². The van der Waals surface area contributed by atoms with Crippen molar-refractivity contribution in [1.29, 1.82) is 0 Å². The van der Waals surface area contributed by atoms with Crippen LogP contribution < -0.4 is 10.1 Å². The van der Waals surface area contributed by atoms with Crippen LogP contribution in [0.5, 0.6) is 5.75 Å². The predicted octanol–water partition coefficient (Wildman–Crippen LogP) is 1.18. The molecular formula is C12H20N2O2. The second kappa shape index (κ2) is 5.82. The van der Waals surface area contributed by atoms with Crippen molar-refractivity contribution in [2.45, 2.75) is 33.4 Å². The molecule has 1 aromatic heterocycles. The molecule has 4 nitrogen and oxygen atoms in total. The first-order valence-electron chi connectivity index (χ1n) is 5.44. The molecule has 2 N–H and O–H groups in total. The van der Waals surface area contributed by atoms with Crippen LogP contribution in [0.1, 0.15) is 23.7 Å². The number of hydrogen-bond donors (Lipinski definition) is 2. The Bertz CT molecular complexity index is 351. The number of pyridine rings is 1. The maximum absolute atomic E-state index is 9.14. The topological polar surface area (TPSA) is 54.4 Å². The third-order valence-corrected chi connectivity index (χ3v) is 2.48.